The van der Waals surface area contributed by atoms with Crippen LogP contribution in [0.3, 0.4) is 0 Å². The molecule has 1 amide bonds. The minimum atomic E-state index is -0.181. The lowest BCUT2D eigenvalue weighted by molar-refractivity contribution is -0.118. The van der Waals surface area contributed by atoms with Crippen molar-refractivity contribution in [3.05, 3.63) is 90.3 Å². The van der Waals surface area contributed by atoms with Crippen LogP contribution in [0.2, 0.25) is 0 Å². The van der Waals surface area contributed by atoms with E-state index in [4.69, 9.17) is 4.74 Å². The largest absolute Gasteiger partial charge is 0.494 e. The molecule has 8 heteroatoms. The zero-order valence-electron chi connectivity index (χ0n) is 24.4. The van der Waals surface area contributed by atoms with Crippen molar-refractivity contribution >= 4 is 39.0 Å². The van der Waals surface area contributed by atoms with Gasteiger partial charge in [0.1, 0.15) is 0 Å². The highest BCUT2D eigenvalue weighted by molar-refractivity contribution is 5.99. The van der Waals surface area contributed by atoms with E-state index in [1.54, 1.807) is 10.8 Å². The molecule has 0 aliphatic carbocycles. The molecule has 8 nitrogen and oxygen atoms in total. The number of nitrogens with zero attached hydrogens (tertiary/aromatic N) is 3. The van der Waals surface area contributed by atoms with E-state index in [9.17, 15) is 9.90 Å². The Hall–Kier alpha value is -4.40. The number of aromatic hydroxyl groups is 1. The highest BCUT2D eigenvalue weighted by Crippen LogP contribution is 2.38. The Labute approximate surface area is 245 Å². The summed E-state index contributed by atoms with van der Waals surface area (Å²) in [6, 6.07) is 22.2. The normalized spacial score (nSPS) is 14.4. The van der Waals surface area contributed by atoms with Crippen LogP contribution in [0.4, 0.5) is 11.4 Å². The average molecular weight is 564 g/mol. The van der Waals surface area contributed by atoms with Crippen LogP contribution in [0.5, 0.6) is 5.88 Å². The minimum absolute atomic E-state index is 0.0580. The van der Waals surface area contributed by atoms with E-state index in [1.165, 1.54) is 0 Å². The van der Waals surface area contributed by atoms with Crippen molar-refractivity contribution < 1.29 is 14.6 Å². The summed E-state index contributed by atoms with van der Waals surface area (Å²) < 4.78 is 7.20. The molecule has 1 saturated heterocycles. The lowest BCUT2D eigenvalue weighted by Crippen LogP contribution is -2.41. The Morgan fingerprint density at radius 1 is 0.976 bits per heavy atom. The SMILES string of the molecule is CC(C)(C)c1ccc(-n2cc3cccc(NCc4ccc5ncccc5c4)c3c2O)cc1NC(=O)CN1CCOCC1. The Bertz CT molecular complexity index is 1750. The van der Waals surface area contributed by atoms with Crippen molar-refractivity contribution in [1.29, 1.82) is 0 Å². The highest BCUT2D eigenvalue weighted by Gasteiger charge is 2.22. The quantitative estimate of drug-likeness (QED) is 0.223. The smallest absolute Gasteiger partial charge is 0.238 e. The summed E-state index contributed by atoms with van der Waals surface area (Å²) in [5.74, 6) is 0.0855. The summed E-state index contributed by atoms with van der Waals surface area (Å²) in [5, 5.41) is 20.9. The molecule has 2 aromatic heterocycles. The number of rotatable bonds is 7. The number of hydrogen-bond acceptors (Lipinski definition) is 6. The summed E-state index contributed by atoms with van der Waals surface area (Å²) in [6.45, 7) is 10.1. The van der Waals surface area contributed by atoms with E-state index in [-0.39, 0.29) is 17.2 Å². The molecule has 1 aliphatic heterocycles. The van der Waals surface area contributed by atoms with E-state index < -0.39 is 0 Å². The van der Waals surface area contributed by atoms with Crippen LogP contribution in [0.1, 0.15) is 31.9 Å². The maximum atomic E-state index is 13.1. The fourth-order valence-corrected chi connectivity index (χ4v) is 5.62. The maximum Gasteiger partial charge on any atom is 0.238 e. The van der Waals surface area contributed by atoms with Crippen LogP contribution < -0.4 is 10.6 Å². The number of anilines is 2. The number of morpholine rings is 1. The molecule has 0 unspecified atom stereocenters. The summed E-state index contributed by atoms with van der Waals surface area (Å²) in [6.07, 6.45) is 3.73. The Morgan fingerprint density at radius 3 is 2.60 bits per heavy atom. The van der Waals surface area contributed by atoms with Crippen molar-refractivity contribution in [2.45, 2.75) is 32.7 Å². The van der Waals surface area contributed by atoms with E-state index in [1.807, 2.05) is 54.7 Å². The van der Waals surface area contributed by atoms with Crippen LogP contribution in [-0.4, -0.2) is 58.3 Å². The second-order valence-corrected chi connectivity index (χ2v) is 11.9. The number of nitrogens with one attached hydrogen (secondary N) is 2. The molecule has 0 atom stereocenters. The van der Waals surface area contributed by atoms with Crippen molar-refractivity contribution in [3.63, 3.8) is 0 Å². The number of amides is 1. The lowest BCUT2D eigenvalue weighted by Gasteiger charge is -2.27. The topological polar surface area (TPSA) is 91.7 Å². The maximum absolute atomic E-state index is 13.1. The standard InChI is InChI=1S/C34H37N5O3/c1-34(2,3)27-11-10-26(19-30(27)37-31(40)22-38-14-16-42-17-15-38)39-21-25-6-4-8-29(32(25)33(39)41)36-20-23-9-12-28-24(18-23)7-5-13-35-28/h4-13,18-19,21,36,41H,14-17,20,22H2,1-3H3,(H,37,40). The van der Waals surface area contributed by atoms with E-state index >= 15 is 0 Å². The number of pyridine rings is 1. The van der Waals surface area contributed by atoms with Crippen LogP contribution in [0, 0.1) is 0 Å². The molecule has 42 heavy (non-hydrogen) atoms. The molecule has 5 aromatic rings. The summed E-state index contributed by atoms with van der Waals surface area (Å²) in [7, 11) is 0. The van der Waals surface area contributed by atoms with Gasteiger partial charge in [-0.25, -0.2) is 0 Å². The molecule has 1 fully saturated rings. The van der Waals surface area contributed by atoms with Gasteiger partial charge in [-0.1, -0.05) is 51.1 Å². The van der Waals surface area contributed by atoms with Gasteiger partial charge in [0.25, 0.3) is 0 Å². The van der Waals surface area contributed by atoms with Gasteiger partial charge in [-0.05, 0) is 52.9 Å². The molecule has 3 heterocycles. The second-order valence-electron chi connectivity index (χ2n) is 11.9. The predicted molar refractivity (Wildman–Crippen MR) is 169 cm³/mol. The fraction of sp³-hybridized carbons (Fsp3) is 0.294. The summed E-state index contributed by atoms with van der Waals surface area (Å²) in [4.78, 5) is 19.6. The summed E-state index contributed by atoms with van der Waals surface area (Å²) in [5.41, 5.74) is 5.31. The molecule has 0 saturated carbocycles. The number of ether oxygens (including phenoxy) is 1. The third-order valence-electron chi connectivity index (χ3n) is 7.80. The molecular formula is C34H37N5O3. The molecule has 0 spiro atoms. The van der Waals surface area contributed by atoms with Gasteiger partial charge in [0.15, 0.2) is 0 Å². The van der Waals surface area contributed by atoms with E-state index in [2.05, 4.69) is 59.5 Å². The number of carbonyl (C=O) groups excluding carboxylic acids is 1. The second kappa shape index (κ2) is 11.5. The first-order valence-electron chi connectivity index (χ1n) is 14.4. The van der Waals surface area contributed by atoms with Gasteiger partial charge in [-0.15, -0.1) is 0 Å². The molecule has 0 radical (unpaired) electrons. The number of hydrogen-bond donors (Lipinski definition) is 3. The molecule has 3 aromatic carbocycles. The lowest BCUT2D eigenvalue weighted by atomic mass is 9.85. The van der Waals surface area contributed by atoms with Gasteiger partial charge < -0.3 is 20.5 Å². The van der Waals surface area contributed by atoms with Crippen LogP contribution in [0.15, 0.2) is 79.1 Å². The van der Waals surface area contributed by atoms with E-state index in [0.717, 1.165) is 63.0 Å². The van der Waals surface area contributed by atoms with E-state index in [0.29, 0.717) is 26.3 Å². The third kappa shape index (κ3) is 5.82. The van der Waals surface area contributed by atoms with Gasteiger partial charge >= 0.3 is 0 Å². The van der Waals surface area contributed by atoms with Crippen molar-refractivity contribution in [2.75, 3.05) is 43.5 Å². The summed E-state index contributed by atoms with van der Waals surface area (Å²) >= 11 is 0. The van der Waals surface area contributed by atoms with Crippen molar-refractivity contribution in [1.82, 2.24) is 14.5 Å². The van der Waals surface area contributed by atoms with Gasteiger partial charge in [0.05, 0.1) is 36.3 Å². The zero-order chi connectivity index (χ0) is 29.3. The van der Waals surface area contributed by atoms with Crippen LogP contribution in [0.25, 0.3) is 27.4 Å². The minimum Gasteiger partial charge on any atom is -0.494 e. The third-order valence-corrected chi connectivity index (χ3v) is 7.80. The van der Waals surface area contributed by atoms with Crippen molar-refractivity contribution in [3.8, 4) is 11.6 Å². The number of aromatic nitrogens is 2. The van der Waals surface area contributed by atoms with Gasteiger partial charge in [0, 0.05) is 54.2 Å². The molecule has 3 N–H and O–H groups in total. The monoisotopic (exact) mass is 563 g/mol. The van der Waals surface area contributed by atoms with Crippen LogP contribution in [-0.2, 0) is 21.5 Å². The Morgan fingerprint density at radius 2 is 1.79 bits per heavy atom. The first-order chi connectivity index (χ1) is 20.3. The molecule has 216 valence electrons. The average Bonchev–Trinajstić information content (AvgIpc) is 3.32. The Kier molecular flexibility index (Phi) is 7.58. The van der Waals surface area contributed by atoms with Crippen molar-refractivity contribution in [2.24, 2.45) is 0 Å². The number of fused-ring (bicyclic) bond motifs is 2. The molecule has 6 rings (SSSR count). The van der Waals surface area contributed by atoms with Gasteiger partial charge in [-0.3, -0.25) is 19.2 Å². The predicted octanol–water partition coefficient (Wildman–Crippen LogP) is 6.06. The fourth-order valence-electron chi connectivity index (χ4n) is 5.62. The number of carbonyl (C=O) groups is 1. The first kappa shape index (κ1) is 27.8. The Balaban J connectivity index is 1.29. The van der Waals surface area contributed by atoms with Gasteiger partial charge in [-0.2, -0.15) is 0 Å². The molecule has 0 bridgehead atoms. The molecular weight excluding hydrogens is 526 g/mol. The highest BCUT2D eigenvalue weighted by atomic mass is 16.5. The number of benzene rings is 3. The molecule has 1 aliphatic rings. The van der Waals surface area contributed by atoms with Crippen LogP contribution >= 0.6 is 0 Å². The van der Waals surface area contributed by atoms with Gasteiger partial charge in [0.2, 0.25) is 11.8 Å². The first-order valence-corrected chi connectivity index (χ1v) is 14.4. The zero-order valence-corrected chi connectivity index (χ0v) is 24.4.